The first-order valence-corrected chi connectivity index (χ1v) is 26.5. The maximum atomic E-state index is 13.1. The predicted octanol–water partition coefficient (Wildman–Crippen LogP) is 3.96. The summed E-state index contributed by atoms with van der Waals surface area (Å²) in [5, 5.41) is 14.6. The molecule has 20 nitrogen and oxygen atoms in total. The molecule has 1 aromatic heterocycles. The van der Waals surface area contributed by atoms with E-state index < -0.39 is 54.8 Å². The Labute approximate surface area is 452 Å². The van der Waals surface area contributed by atoms with Crippen molar-refractivity contribution in [2.24, 2.45) is 38.7 Å². The third-order valence-corrected chi connectivity index (χ3v) is 12.3. The Bertz CT molecular complexity index is 2370. The van der Waals surface area contributed by atoms with E-state index in [0.717, 1.165) is 5.56 Å². The molecule has 0 saturated carbocycles. The van der Waals surface area contributed by atoms with Crippen LogP contribution in [0.15, 0.2) is 52.4 Å². The molecule has 0 saturated heterocycles. The number of ether oxygens (including phenoxy) is 2. The molecule has 0 aliphatic heterocycles. The molecule has 1 heterocycles. The van der Waals surface area contributed by atoms with E-state index in [1.165, 1.54) is 33.3 Å². The number of rotatable bonds is 28. The van der Waals surface area contributed by atoms with Crippen molar-refractivity contribution in [3.63, 3.8) is 0 Å². The fraction of sp³-hybridized carbons (Fsp3) is 0.625. The molecule has 0 radical (unpaired) electrons. The number of nitrogens with two attached hydrogens (primary N) is 5. The number of nitrogens with one attached hydrogen (secondary N) is 6. The zero-order valence-electron chi connectivity index (χ0n) is 48.0. The minimum atomic E-state index is -1.08. The van der Waals surface area contributed by atoms with E-state index in [-0.39, 0.29) is 72.3 Å². The van der Waals surface area contributed by atoms with Gasteiger partial charge in [0, 0.05) is 60.3 Å². The SMILES string of the molecule is CC(CCNC(=O)COCC(=O)NC(CCCN=C(N)N)C(=O)NCC(=O)NC(CCCN=C(N)N)C(=O)NCCc1ccccc1)OCCC(C)(C)N.Cc1c(C(C)(C)C)[nH]c2c(C(C)(C)C)cc(C(C)(C)C)cc12. The first kappa shape index (κ1) is 65.9. The van der Waals surface area contributed by atoms with Crippen molar-refractivity contribution < 1.29 is 33.4 Å². The van der Waals surface area contributed by atoms with Gasteiger partial charge in [0.15, 0.2) is 11.9 Å². The van der Waals surface area contributed by atoms with Gasteiger partial charge in [-0.2, -0.15) is 0 Å². The van der Waals surface area contributed by atoms with Gasteiger partial charge in [-0.1, -0.05) is 98.7 Å². The molecule has 3 aromatic rings. The molecule has 0 aliphatic rings. The maximum Gasteiger partial charge on any atom is 0.246 e. The summed E-state index contributed by atoms with van der Waals surface area (Å²) in [6, 6.07) is 12.4. The fourth-order valence-electron chi connectivity index (χ4n) is 7.92. The van der Waals surface area contributed by atoms with Crippen LogP contribution in [0, 0.1) is 6.92 Å². The molecule has 3 unspecified atom stereocenters. The van der Waals surface area contributed by atoms with Gasteiger partial charge in [0.05, 0.1) is 12.6 Å². The Morgan fingerprint density at radius 2 is 1.22 bits per heavy atom. The largest absolute Gasteiger partial charge is 0.378 e. The summed E-state index contributed by atoms with van der Waals surface area (Å²) in [5.41, 5.74) is 35.6. The predicted molar refractivity (Wildman–Crippen MR) is 306 cm³/mol. The Balaban J connectivity index is 0.000000739. The zero-order valence-corrected chi connectivity index (χ0v) is 48.0. The lowest BCUT2D eigenvalue weighted by molar-refractivity contribution is -0.134. The quantitative estimate of drug-likeness (QED) is 0.0280. The van der Waals surface area contributed by atoms with Crippen LogP contribution >= 0.6 is 0 Å². The van der Waals surface area contributed by atoms with Crippen LogP contribution in [0.1, 0.15) is 150 Å². The number of amides is 5. The number of nitrogens with zero attached hydrogens (tertiary/aromatic N) is 2. The van der Waals surface area contributed by atoms with Crippen LogP contribution in [0.25, 0.3) is 10.9 Å². The highest BCUT2D eigenvalue weighted by atomic mass is 16.5. The second-order valence-corrected chi connectivity index (χ2v) is 23.3. The molecule has 76 heavy (non-hydrogen) atoms. The average molecular weight is 1060 g/mol. The Morgan fingerprint density at radius 1 is 0.671 bits per heavy atom. The number of aromatic nitrogens is 1. The monoisotopic (exact) mass is 1060 g/mol. The summed E-state index contributed by atoms with van der Waals surface area (Å²) in [4.78, 5) is 75.5. The number of guanidine groups is 2. The lowest BCUT2D eigenvalue weighted by atomic mass is 9.79. The van der Waals surface area contributed by atoms with Crippen molar-refractivity contribution >= 4 is 52.4 Å². The molecule has 20 heteroatoms. The van der Waals surface area contributed by atoms with Crippen LogP contribution in [-0.2, 0) is 56.1 Å². The van der Waals surface area contributed by atoms with E-state index >= 15 is 0 Å². The second-order valence-electron chi connectivity index (χ2n) is 23.3. The van der Waals surface area contributed by atoms with E-state index in [0.29, 0.717) is 51.8 Å². The summed E-state index contributed by atoms with van der Waals surface area (Å²) in [6.45, 7) is 29.0. The smallest absolute Gasteiger partial charge is 0.246 e. The molecular weight excluding hydrogens is 967 g/mol. The average Bonchev–Trinajstić information content (AvgIpc) is 3.65. The van der Waals surface area contributed by atoms with Crippen molar-refractivity contribution in [3.8, 4) is 0 Å². The van der Waals surface area contributed by atoms with Gasteiger partial charge in [-0.25, -0.2) is 0 Å². The summed E-state index contributed by atoms with van der Waals surface area (Å²) < 4.78 is 11.0. The van der Waals surface area contributed by atoms with Crippen LogP contribution in [0.4, 0.5) is 0 Å². The van der Waals surface area contributed by atoms with E-state index in [1.807, 2.05) is 51.1 Å². The van der Waals surface area contributed by atoms with Gasteiger partial charge in [-0.15, -0.1) is 0 Å². The highest BCUT2D eigenvalue weighted by molar-refractivity contribution is 5.93. The second kappa shape index (κ2) is 31.1. The minimum absolute atomic E-state index is 0.0847. The van der Waals surface area contributed by atoms with Crippen LogP contribution in [0.2, 0.25) is 0 Å². The Morgan fingerprint density at radius 3 is 1.75 bits per heavy atom. The van der Waals surface area contributed by atoms with Crippen LogP contribution in [0.5, 0.6) is 0 Å². The normalized spacial score (nSPS) is 13.0. The summed E-state index contributed by atoms with van der Waals surface area (Å²) in [5.74, 6) is -2.99. The lowest BCUT2D eigenvalue weighted by Gasteiger charge is -2.26. The van der Waals surface area contributed by atoms with Crippen LogP contribution in [0.3, 0.4) is 0 Å². The van der Waals surface area contributed by atoms with Gasteiger partial charge in [0.2, 0.25) is 29.5 Å². The van der Waals surface area contributed by atoms with Gasteiger partial charge in [-0.05, 0) is 112 Å². The number of H-pyrrole nitrogens is 1. The number of hydrogen-bond donors (Lipinski definition) is 11. The Hall–Kier alpha value is -6.25. The first-order valence-electron chi connectivity index (χ1n) is 26.5. The summed E-state index contributed by atoms with van der Waals surface area (Å²) in [7, 11) is 0. The van der Waals surface area contributed by atoms with E-state index in [1.54, 1.807) is 0 Å². The Kier molecular flexibility index (Phi) is 26.9. The van der Waals surface area contributed by atoms with Crippen molar-refractivity contribution in [3.05, 3.63) is 70.4 Å². The molecule has 0 bridgehead atoms. The molecule has 3 atom stereocenters. The number of aliphatic imine (C=N–C) groups is 2. The van der Waals surface area contributed by atoms with E-state index in [9.17, 15) is 24.0 Å². The number of carbonyl (C=O) groups excluding carboxylic acids is 5. The molecular formula is C56H95N13O7. The number of aryl methyl sites for hydroxylation is 1. The summed E-state index contributed by atoms with van der Waals surface area (Å²) in [6.07, 6.45) is 2.86. The van der Waals surface area contributed by atoms with Gasteiger partial charge in [-0.3, -0.25) is 34.0 Å². The molecule has 2 aromatic carbocycles. The van der Waals surface area contributed by atoms with Gasteiger partial charge in [0.1, 0.15) is 25.3 Å². The van der Waals surface area contributed by atoms with Crippen molar-refractivity contribution in [2.75, 3.05) is 52.5 Å². The zero-order chi connectivity index (χ0) is 57.4. The minimum Gasteiger partial charge on any atom is -0.378 e. The highest BCUT2D eigenvalue weighted by Crippen LogP contribution is 2.39. The molecule has 16 N–H and O–H groups in total. The standard InChI is InChI=1S/C35H62N12O7.C21H33N/c1-24(54-20-15-35(2,3)40)13-18-41-29(49)22-53-23-30(50)47-27(12-8-17-44-34(38)39)32(52)45-21-28(48)46-26(11-7-16-43-33(36)37)31(51)42-19-14-25-9-5-4-6-10-25;1-13-15-11-14(19(2,3)4)12-16(20(5,6)7)17(15)22-18(13)21(8,9)10/h4-6,9-10,24,26-27H,7-8,11-23,40H2,1-3H3,(H,41,49)(H,42,51)(H,45,52)(H,46,48)(H,47,50)(H4,36,37,43)(H4,38,39,44);11-12,22H,1-10H3. The molecule has 0 spiro atoms. The third kappa shape index (κ3) is 26.0. The number of carbonyl (C=O) groups is 5. The maximum absolute atomic E-state index is 13.1. The number of benzene rings is 2. The first-order chi connectivity index (χ1) is 35.3. The van der Waals surface area contributed by atoms with Crippen molar-refractivity contribution in [1.29, 1.82) is 0 Å². The van der Waals surface area contributed by atoms with Gasteiger partial charge >= 0.3 is 0 Å². The molecule has 5 amide bonds. The summed E-state index contributed by atoms with van der Waals surface area (Å²) >= 11 is 0. The molecule has 0 aliphatic carbocycles. The van der Waals surface area contributed by atoms with Crippen LogP contribution in [-0.4, -0.2) is 123 Å². The van der Waals surface area contributed by atoms with Gasteiger partial charge in [0.25, 0.3) is 0 Å². The number of hydrogen-bond acceptors (Lipinski definition) is 10. The third-order valence-electron chi connectivity index (χ3n) is 12.3. The van der Waals surface area contributed by atoms with Gasteiger partial charge < -0.3 is 69.7 Å². The lowest BCUT2D eigenvalue weighted by Crippen LogP contribution is -2.52. The van der Waals surface area contributed by atoms with E-state index in [4.69, 9.17) is 38.1 Å². The van der Waals surface area contributed by atoms with Crippen LogP contribution < -0.4 is 55.3 Å². The van der Waals surface area contributed by atoms with E-state index in [2.05, 4.69) is 123 Å². The fourth-order valence-corrected chi connectivity index (χ4v) is 7.92. The molecule has 0 fully saturated rings. The number of aromatic amines is 1. The molecule has 426 valence electrons. The number of fused-ring (bicyclic) bond motifs is 1. The van der Waals surface area contributed by atoms with Crippen molar-refractivity contribution in [1.82, 2.24) is 31.6 Å². The topological polar surface area (TPSA) is 335 Å². The molecule has 3 rings (SSSR count). The van der Waals surface area contributed by atoms with Crippen molar-refractivity contribution in [2.45, 2.75) is 175 Å². The highest BCUT2D eigenvalue weighted by Gasteiger charge is 2.28.